The Bertz CT molecular complexity index is 1240. The third kappa shape index (κ3) is 3.34. The summed E-state index contributed by atoms with van der Waals surface area (Å²) in [6.07, 6.45) is 5.47. The van der Waals surface area contributed by atoms with Crippen LogP contribution in [0.3, 0.4) is 0 Å². The molecule has 0 spiro atoms. The summed E-state index contributed by atoms with van der Waals surface area (Å²) in [6.45, 7) is 0.681. The van der Waals surface area contributed by atoms with E-state index < -0.39 is 0 Å². The van der Waals surface area contributed by atoms with Crippen LogP contribution in [0.4, 0.5) is 5.82 Å². The Morgan fingerprint density at radius 2 is 1.69 bits per heavy atom. The lowest BCUT2D eigenvalue weighted by Crippen LogP contribution is -2.20. The topological polar surface area (TPSA) is 64.1 Å². The van der Waals surface area contributed by atoms with E-state index >= 15 is 0 Å². The first-order valence-corrected chi connectivity index (χ1v) is 9.34. The van der Waals surface area contributed by atoms with Crippen molar-refractivity contribution in [2.24, 2.45) is 0 Å². The van der Waals surface area contributed by atoms with Crippen molar-refractivity contribution >= 4 is 11.6 Å². The zero-order valence-electron chi connectivity index (χ0n) is 15.9. The molecule has 0 saturated heterocycles. The average Bonchev–Trinajstić information content (AvgIpc) is 3.44. The summed E-state index contributed by atoms with van der Waals surface area (Å²) in [5.41, 5.74) is 4.05. The van der Waals surface area contributed by atoms with Crippen molar-refractivity contribution in [1.29, 1.82) is 0 Å². The van der Waals surface area contributed by atoms with Crippen molar-refractivity contribution in [3.05, 3.63) is 91.0 Å². The molecular weight excluding hydrogens is 362 g/mol. The van der Waals surface area contributed by atoms with E-state index in [9.17, 15) is 0 Å². The molecule has 0 aliphatic heterocycles. The van der Waals surface area contributed by atoms with E-state index in [0.717, 1.165) is 28.3 Å². The summed E-state index contributed by atoms with van der Waals surface area (Å²) in [5.74, 6) is 1.49. The lowest BCUT2D eigenvalue weighted by Gasteiger charge is -2.19. The quantitative estimate of drug-likeness (QED) is 0.465. The van der Waals surface area contributed by atoms with Gasteiger partial charge in [0.2, 0.25) is 0 Å². The van der Waals surface area contributed by atoms with Crippen LogP contribution in [-0.2, 0) is 6.54 Å². The van der Waals surface area contributed by atoms with Crippen molar-refractivity contribution in [3.63, 3.8) is 0 Å². The Morgan fingerprint density at radius 3 is 2.48 bits per heavy atom. The second kappa shape index (κ2) is 7.20. The van der Waals surface area contributed by atoms with E-state index in [1.54, 1.807) is 4.52 Å². The van der Waals surface area contributed by atoms with Gasteiger partial charge >= 0.3 is 0 Å². The maximum atomic E-state index is 4.65. The molecule has 142 valence electrons. The summed E-state index contributed by atoms with van der Waals surface area (Å²) in [4.78, 5) is 11.1. The van der Waals surface area contributed by atoms with Gasteiger partial charge in [-0.1, -0.05) is 48.5 Å². The Balaban J connectivity index is 1.47. The molecule has 29 heavy (non-hydrogen) atoms. The SMILES string of the molecule is CN(Cc1cnn(-c2ccccc2)c1)c1cc(-c2ccccc2)nc2ncnn12. The summed E-state index contributed by atoms with van der Waals surface area (Å²) >= 11 is 0. The Kier molecular flexibility index (Phi) is 4.25. The number of rotatable bonds is 5. The maximum absolute atomic E-state index is 4.65. The molecule has 0 N–H and O–H groups in total. The molecule has 0 aliphatic rings. The van der Waals surface area contributed by atoms with Crippen molar-refractivity contribution in [3.8, 4) is 16.9 Å². The fraction of sp³-hybridized carbons (Fsp3) is 0.0909. The number of hydrogen-bond donors (Lipinski definition) is 0. The van der Waals surface area contributed by atoms with Crippen molar-refractivity contribution in [2.45, 2.75) is 6.54 Å². The molecule has 0 atom stereocenters. The summed E-state index contributed by atoms with van der Waals surface area (Å²) in [6, 6.07) is 22.2. The number of hydrogen-bond acceptors (Lipinski definition) is 5. The molecule has 7 heteroatoms. The van der Waals surface area contributed by atoms with Gasteiger partial charge in [0.15, 0.2) is 0 Å². The van der Waals surface area contributed by atoms with E-state index in [-0.39, 0.29) is 0 Å². The Hall–Kier alpha value is -4.00. The molecule has 5 rings (SSSR count). The van der Waals surface area contributed by atoms with Gasteiger partial charge in [-0.3, -0.25) is 0 Å². The van der Waals surface area contributed by atoms with Gasteiger partial charge in [0, 0.05) is 37.0 Å². The smallest absolute Gasteiger partial charge is 0.254 e. The van der Waals surface area contributed by atoms with Crippen LogP contribution in [0.1, 0.15) is 5.56 Å². The minimum Gasteiger partial charge on any atom is -0.355 e. The molecule has 3 aromatic heterocycles. The van der Waals surface area contributed by atoms with E-state index in [2.05, 4.69) is 25.1 Å². The number of benzene rings is 2. The van der Waals surface area contributed by atoms with E-state index in [0.29, 0.717) is 12.3 Å². The van der Waals surface area contributed by atoms with Gasteiger partial charge in [-0.2, -0.15) is 19.7 Å². The number of nitrogens with zero attached hydrogens (tertiary/aromatic N) is 7. The molecule has 0 amide bonds. The molecular formula is C22H19N7. The van der Waals surface area contributed by atoms with Gasteiger partial charge in [-0.15, -0.1) is 0 Å². The average molecular weight is 381 g/mol. The minimum atomic E-state index is 0.577. The molecule has 0 radical (unpaired) electrons. The van der Waals surface area contributed by atoms with Crippen LogP contribution in [0.15, 0.2) is 85.5 Å². The number of aromatic nitrogens is 6. The largest absolute Gasteiger partial charge is 0.355 e. The second-order valence-electron chi connectivity index (χ2n) is 6.82. The van der Waals surface area contributed by atoms with Crippen molar-refractivity contribution in [2.75, 3.05) is 11.9 Å². The maximum Gasteiger partial charge on any atom is 0.254 e. The van der Waals surface area contributed by atoms with Crippen LogP contribution in [0.25, 0.3) is 22.7 Å². The van der Waals surface area contributed by atoms with Crippen LogP contribution in [0, 0.1) is 0 Å². The molecule has 3 heterocycles. The molecule has 7 nitrogen and oxygen atoms in total. The van der Waals surface area contributed by atoms with Gasteiger partial charge in [0.1, 0.15) is 12.1 Å². The highest BCUT2D eigenvalue weighted by atomic mass is 15.4. The van der Waals surface area contributed by atoms with E-state index in [1.165, 1.54) is 6.33 Å². The summed E-state index contributed by atoms with van der Waals surface area (Å²) < 4.78 is 3.64. The Labute approximate surface area is 167 Å². The number of anilines is 1. The van der Waals surface area contributed by atoms with Crippen LogP contribution >= 0.6 is 0 Å². The van der Waals surface area contributed by atoms with Gasteiger partial charge in [0.25, 0.3) is 5.78 Å². The van der Waals surface area contributed by atoms with Crippen LogP contribution in [0.2, 0.25) is 0 Å². The Morgan fingerprint density at radius 1 is 0.931 bits per heavy atom. The van der Waals surface area contributed by atoms with Crippen molar-refractivity contribution in [1.82, 2.24) is 29.4 Å². The van der Waals surface area contributed by atoms with Gasteiger partial charge in [-0.25, -0.2) is 9.67 Å². The number of fused-ring (bicyclic) bond motifs is 1. The van der Waals surface area contributed by atoms with Crippen LogP contribution in [0.5, 0.6) is 0 Å². The predicted octanol–water partition coefficient (Wildman–Crippen LogP) is 3.61. The summed E-state index contributed by atoms with van der Waals surface area (Å²) in [5, 5.41) is 8.84. The first-order valence-electron chi connectivity index (χ1n) is 9.34. The molecule has 5 aromatic rings. The van der Waals surface area contributed by atoms with Gasteiger partial charge in [-0.05, 0) is 12.1 Å². The lowest BCUT2D eigenvalue weighted by molar-refractivity contribution is 0.831. The highest BCUT2D eigenvalue weighted by Crippen LogP contribution is 2.24. The monoisotopic (exact) mass is 381 g/mol. The van der Waals surface area contributed by atoms with Crippen LogP contribution in [-0.4, -0.2) is 36.4 Å². The zero-order valence-corrected chi connectivity index (χ0v) is 15.9. The van der Waals surface area contributed by atoms with E-state index in [4.69, 9.17) is 0 Å². The third-order valence-corrected chi connectivity index (χ3v) is 4.77. The van der Waals surface area contributed by atoms with Crippen LogP contribution < -0.4 is 4.90 Å². The third-order valence-electron chi connectivity index (χ3n) is 4.77. The zero-order chi connectivity index (χ0) is 19.6. The van der Waals surface area contributed by atoms with Gasteiger partial charge < -0.3 is 4.90 Å². The minimum absolute atomic E-state index is 0.577. The molecule has 0 bridgehead atoms. The molecule has 0 unspecified atom stereocenters. The standard InChI is InChI=1S/C22H19N7/c1-27(14-17-13-24-28(15-17)19-10-6-3-7-11-19)21-12-20(18-8-4-2-5-9-18)26-22-23-16-25-29(21)22/h2-13,15-16H,14H2,1H3. The first kappa shape index (κ1) is 17.1. The number of para-hydroxylation sites is 1. The lowest BCUT2D eigenvalue weighted by atomic mass is 10.1. The highest BCUT2D eigenvalue weighted by Gasteiger charge is 2.14. The van der Waals surface area contributed by atoms with Gasteiger partial charge in [0.05, 0.1) is 17.6 Å². The second-order valence-corrected chi connectivity index (χ2v) is 6.82. The molecule has 0 fully saturated rings. The van der Waals surface area contributed by atoms with E-state index in [1.807, 2.05) is 90.9 Å². The fourth-order valence-corrected chi connectivity index (χ4v) is 3.34. The molecule has 2 aromatic carbocycles. The predicted molar refractivity (Wildman–Crippen MR) is 112 cm³/mol. The van der Waals surface area contributed by atoms with Crippen molar-refractivity contribution < 1.29 is 0 Å². The highest BCUT2D eigenvalue weighted by molar-refractivity contribution is 5.65. The fourth-order valence-electron chi connectivity index (χ4n) is 3.34. The first-order chi connectivity index (χ1) is 14.3. The summed E-state index contributed by atoms with van der Waals surface area (Å²) in [7, 11) is 2.03. The normalized spacial score (nSPS) is 11.1. The molecule has 0 saturated carbocycles. The molecule has 0 aliphatic carbocycles.